The highest BCUT2D eigenvalue weighted by Gasteiger charge is 2.11. The lowest BCUT2D eigenvalue weighted by Gasteiger charge is -2.05. The molecule has 136 valence electrons. The Hall–Kier alpha value is -2.54. The van der Waals surface area contributed by atoms with E-state index in [2.05, 4.69) is 26.3 Å². The first-order valence-electron chi connectivity index (χ1n) is 8.34. The van der Waals surface area contributed by atoms with Crippen LogP contribution in [0.5, 0.6) is 5.75 Å². The molecule has 3 aromatic rings. The van der Waals surface area contributed by atoms with Crippen molar-refractivity contribution in [1.29, 1.82) is 0 Å². The molecule has 3 rings (SSSR count). The van der Waals surface area contributed by atoms with Gasteiger partial charge in [0.1, 0.15) is 18.1 Å². The molecule has 0 aliphatic carbocycles. The molecule has 0 atom stereocenters. The number of carbonyl (C=O) groups excluding carboxylic acids is 1. The van der Waals surface area contributed by atoms with Crippen molar-refractivity contribution < 1.29 is 13.9 Å². The van der Waals surface area contributed by atoms with Crippen LogP contribution in [0.4, 0.5) is 0 Å². The van der Waals surface area contributed by atoms with E-state index in [0.29, 0.717) is 12.3 Å². The Labute approximate surface area is 160 Å². The van der Waals surface area contributed by atoms with E-state index in [-0.39, 0.29) is 18.3 Å². The summed E-state index contributed by atoms with van der Waals surface area (Å²) in [4.78, 5) is 12.1. The van der Waals surface area contributed by atoms with Crippen LogP contribution in [-0.2, 0) is 13.2 Å². The second kappa shape index (κ2) is 8.71. The zero-order valence-corrected chi connectivity index (χ0v) is 16.0. The number of aryl methyl sites for hydroxylation is 2. The molecule has 1 aromatic carbocycles. The fourth-order valence-electron chi connectivity index (χ4n) is 2.38. The zero-order valence-electron chi connectivity index (χ0n) is 14.4. The molecule has 0 spiro atoms. The van der Waals surface area contributed by atoms with Crippen LogP contribution in [0.3, 0.4) is 0 Å². The van der Waals surface area contributed by atoms with Crippen molar-refractivity contribution in [3.63, 3.8) is 0 Å². The maximum Gasteiger partial charge on any atom is 0.286 e. The van der Waals surface area contributed by atoms with Gasteiger partial charge in [0.25, 0.3) is 5.91 Å². The van der Waals surface area contributed by atoms with Crippen molar-refractivity contribution in [2.45, 2.75) is 26.5 Å². The van der Waals surface area contributed by atoms with Crippen LogP contribution in [0.15, 0.2) is 57.7 Å². The largest absolute Gasteiger partial charge is 0.486 e. The van der Waals surface area contributed by atoms with Crippen molar-refractivity contribution in [3.05, 3.63) is 70.3 Å². The van der Waals surface area contributed by atoms with Gasteiger partial charge in [-0.3, -0.25) is 9.48 Å². The summed E-state index contributed by atoms with van der Waals surface area (Å²) in [6, 6.07) is 10.9. The van der Waals surface area contributed by atoms with Crippen LogP contribution in [0.1, 0.15) is 28.3 Å². The molecule has 1 amide bonds. The number of nitrogens with zero attached hydrogens (tertiary/aromatic N) is 2. The summed E-state index contributed by atoms with van der Waals surface area (Å²) in [7, 11) is 0. The molecule has 7 heteroatoms. The van der Waals surface area contributed by atoms with E-state index in [1.165, 1.54) is 0 Å². The van der Waals surface area contributed by atoms with Gasteiger partial charge < -0.3 is 14.5 Å². The Morgan fingerprint density at radius 1 is 1.27 bits per heavy atom. The zero-order chi connectivity index (χ0) is 18.4. The number of nitrogens with one attached hydrogen (secondary N) is 1. The molecule has 0 unspecified atom stereocenters. The van der Waals surface area contributed by atoms with Crippen molar-refractivity contribution >= 4 is 21.8 Å². The first kappa shape index (κ1) is 18.3. The molecule has 0 saturated heterocycles. The predicted molar refractivity (Wildman–Crippen MR) is 101 cm³/mol. The van der Waals surface area contributed by atoms with Gasteiger partial charge >= 0.3 is 0 Å². The monoisotopic (exact) mass is 417 g/mol. The fourth-order valence-corrected chi connectivity index (χ4v) is 2.65. The second-order valence-corrected chi connectivity index (χ2v) is 6.81. The van der Waals surface area contributed by atoms with Crippen molar-refractivity contribution in [2.75, 3.05) is 6.54 Å². The SMILES string of the molecule is Cc1cnn(CCCNC(=O)c2ccc(COc3ccc(Br)cc3)o2)c1. The third kappa shape index (κ3) is 5.23. The molecule has 0 radical (unpaired) electrons. The number of benzene rings is 1. The Morgan fingerprint density at radius 2 is 2.08 bits per heavy atom. The van der Waals surface area contributed by atoms with Gasteiger partial charge in [0.2, 0.25) is 0 Å². The molecule has 0 aliphatic heterocycles. The Balaban J connectivity index is 1.41. The van der Waals surface area contributed by atoms with Gasteiger partial charge in [-0.2, -0.15) is 5.10 Å². The summed E-state index contributed by atoms with van der Waals surface area (Å²) >= 11 is 3.38. The first-order valence-corrected chi connectivity index (χ1v) is 9.14. The number of hydrogen-bond donors (Lipinski definition) is 1. The summed E-state index contributed by atoms with van der Waals surface area (Å²) < 4.78 is 14.0. The molecule has 2 heterocycles. The maximum absolute atomic E-state index is 12.1. The van der Waals surface area contributed by atoms with E-state index in [1.807, 2.05) is 48.3 Å². The third-order valence-corrected chi connectivity index (χ3v) is 4.22. The van der Waals surface area contributed by atoms with Gasteiger partial charge in [-0.05, 0) is 55.3 Å². The number of ether oxygens (including phenoxy) is 1. The van der Waals surface area contributed by atoms with Crippen molar-refractivity contribution in [3.8, 4) is 5.75 Å². The Kier molecular flexibility index (Phi) is 6.12. The second-order valence-electron chi connectivity index (χ2n) is 5.90. The topological polar surface area (TPSA) is 69.3 Å². The molecule has 0 aliphatic rings. The van der Waals surface area contributed by atoms with E-state index in [1.54, 1.807) is 12.1 Å². The van der Waals surface area contributed by atoms with Gasteiger partial charge in [0, 0.05) is 23.8 Å². The molecule has 26 heavy (non-hydrogen) atoms. The molecule has 0 saturated carbocycles. The summed E-state index contributed by atoms with van der Waals surface area (Å²) in [6.45, 7) is 3.59. The van der Waals surface area contributed by atoms with Gasteiger partial charge in [0.15, 0.2) is 5.76 Å². The normalized spacial score (nSPS) is 10.7. The van der Waals surface area contributed by atoms with E-state index >= 15 is 0 Å². The summed E-state index contributed by atoms with van der Waals surface area (Å²) in [5.74, 6) is 1.40. The third-order valence-electron chi connectivity index (χ3n) is 3.69. The minimum absolute atomic E-state index is 0.225. The lowest BCUT2D eigenvalue weighted by atomic mass is 10.3. The average molecular weight is 418 g/mol. The molecule has 2 aromatic heterocycles. The molecule has 1 N–H and O–H groups in total. The van der Waals surface area contributed by atoms with Gasteiger partial charge in [0.05, 0.1) is 6.20 Å². The highest BCUT2D eigenvalue weighted by atomic mass is 79.9. The number of halogens is 1. The van der Waals surface area contributed by atoms with Crippen LogP contribution in [0, 0.1) is 6.92 Å². The lowest BCUT2D eigenvalue weighted by Crippen LogP contribution is -2.24. The number of aromatic nitrogens is 2. The summed E-state index contributed by atoms with van der Waals surface area (Å²) in [5, 5.41) is 7.06. The van der Waals surface area contributed by atoms with E-state index in [4.69, 9.17) is 9.15 Å². The van der Waals surface area contributed by atoms with Gasteiger partial charge in [-0.15, -0.1) is 0 Å². The predicted octanol–water partition coefficient (Wildman–Crippen LogP) is 3.95. The van der Waals surface area contributed by atoms with E-state index in [0.717, 1.165) is 28.8 Å². The molecule has 0 fully saturated rings. The highest BCUT2D eigenvalue weighted by molar-refractivity contribution is 9.10. The minimum Gasteiger partial charge on any atom is -0.486 e. The lowest BCUT2D eigenvalue weighted by molar-refractivity contribution is 0.0921. The number of furan rings is 1. The number of carbonyl (C=O) groups is 1. The highest BCUT2D eigenvalue weighted by Crippen LogP contribution is 2.18. The van der Waals surface area contributed by atoms with Gasteiger partial charge in [-0.1, -0.05) is 15.9 Å². The molecule has 0 bridgehead atoms. The minimum atomic E-state index is -0.225. The number of hydrogen-bond acceptors (Lipinski definition) is 4. The summed E-state index contributed by atoms with van der Waals surface area (Å²) in [6.07, 6.45) is 4.60. The van der Waals surface area contributed by atoms with Crippen LogP contribution in [-0.4, -0.2) is 22.2 Å². The van der Waals surface area contributed by atoms with Crippen LogP contribution >= 0.6 is 15.9 Å². The molecular formula is C19H20BrN3O3. The Bertz CT molecular complexity index is 855. The quantitative estimate of drug-likeness (QED) is 0.563. The van der Waals surface area contributed by atoms with Crippen molar-refractivity contribution in [1.82, 2.24) is 15.1 Å². The number of amides is 1. The maximum atomic E-state index is 12.1. The van der Waals surface area contributed by atoms with Gasteiger partial charge in [-0.25, -0.2) is 0 Å². The Morgan fingerprint density at radius 3 is 2.81 bits per heavy atom. The smallest absolute Gasteiger partial charge is 0.286 e. The van der Waals surface area contributed by atoms with E-state index in [9.17, 15) is 4.79 Å². The summed E-state index contributed by atoms with van der Waals surface area (Å²) in [5.41, 5.74) is 1.13. The average Bonchev–Trinajstić information content (AvgIpc) is 3.27. The van der Waals surface area contributed by atoms with Crippen molar-refractivity contribution in [2.24, 2.45) is 0 Å². The van der Waals surface area contributed by atoms with E-state index < -0.39 is 0 Å². The first-order chi connectivity index (χ1) is 12.6. The van der Waals surface area contributed by atoms with Crippen LogP contribution < -0.4 is 10.1 Å². The standard InChI is InChI=1S/C19H20BrN3O3/c1-14-11-22-23(12-14)10-2-9-21-19(24)18-8-7-17(26-18)13-25-16-5-3-15(20)4-6-16/h3-8,11-12H,2,9-10,13H2,1H3,(H,21,24). The molecular weight excluding hydrogens is 398 g/mol. The van der Waals surface area contributed by atoms with Crippen LogP contribution in [0.25, 0.3) is 0 Å². The van der Waals surface area contributed by atoms with Crippen LogP contribution in [0.2, 0.25) is 0 Å². The molecule has 6 nitrogen and oxygen atoms in total. The number of rotatable bonds is 8. The fraction of sp³-hybridized carbons (Fsp3) is 0.263.